The minimum atomic E-state index is -0.198. The summed E-state index contributed by atoms with van der Waals surface area (Å²) in [6.45, 7) is 4.02. The Morgan fingerprint density at radius 1 is 1.08 bits per heavy atom. The third kappa shape index (κ3) is 3.08. The van der Waals surface area contributed by atoms with Crippen molar-refractivity contribution >= 4 is 22.4 Å². The van der Waals surface area contributed by atoms with Gasteiger partial charge in [-0.25, -0.2) is 0 Å². The van der Waals surface area contributed by atoms with E-state index in [2.05, 4.69) is 12.2 Å². The number of aromatic nitrogens is 1. The van der Waals surface area contributed by atoms with E-state index < -0.39 is 0 Å². The number of nitrogens with one attached hydrogen (secondary N) is 1. The first kappa shape index (κ1) is 16.0. The third-order valence-electron chi connectivity index (χ3n) is 4.20. The van der Waals surface area contributed by atoms with Crippen molar-refractivity contribution in [1.82, 2.24) is 4.57 Å². The predicted octanol–water partition coefficient (Wildman–Crippen LogP) is 3.51. The lowest BCUT2D eigenvalue weighted by Gasteiger charge is -2.14. The van der Waals surface area contributed by atoms with Crippen LogP contribution in [0.15, 0.2) is 59.5 Å². The standard InChI is InChI=1S/C20H20N2O2/c1-3-15-9-6-7-14(2)19(15)21-18(23)13-22-12-11-16-8-4-5-10-17(16)20(22)24/h4-12H,3,13H2,1-2H3,(H,21,23). The number of benzene rings is 2. The zero-order chi connectivity index (χ0) is 17.1. The number of nitrogens with zero attached hydrogens (tertiary/aromatic N) is 1. The molecule has 122 valence electrons. The van der Waals surface area contributed by atoms with Crippen LogP contribution >= 0.6 is 0 Å². The van der Waals surface area contributed by atoms with Crippen molar-refractivity contribution in [2.75, 3.05) is 5.32 Å². The number of rotatable bonds is 4. The number of hydrogen-bond donors (Lipinski definition) is 1. The first-order valence-electron chi connectivity index (χ1n) is 8.06. The van der Waals surface area contributed by atoms with Crippen LogP contribution in [0.3, 0.4) is 0 Å². The molecular formula is C20H20N2O2. The second-order valence-electron chi connectivity index (χ2n) is 5.85. The van der Waals surface area contributed by atoms with E-state index in [9.17, 15) is 9.59 Å². The van der Waals surface area contributed by atoms with Crippen LogP contribution in [0.2, 0.25) is 0 Å². The molecule has 4 heteroatoms. The van der Waals surface area contributed by atoms with Gasteiger partial charge in [-0.3, -0.25) is 9.59 Å². The van der Waals surface area contributed by atoms with Crippen molar-refractivity contribution in [1.29, 1.82) is 0 Å². The predicted molar refractivity (Wildman–Crippen MR) is 97.4 cm³/mol. The van der Waals surface area contributed by atoms with E-state index in [1.54, 1.807) is 12.3 Å². The highest BCUT2D eigenvalue weighted by Gasteiger charge is 2.11. The number of hydrogen-bond acceptors (Lipinski definition) is 2. The van der Waals surface area contributed by atoms with Crippen LogP contribution in [0.25, 0.3) is 10.8 Å². The molecule has 1 amide bonds. The number of amides is 1. The van der Waals surface area contributed by atoms with Gasteiger partial charge in [0.05, 0.1) is 0 Å². The van der Waals surface area contributed by atoms with Crippen LogP contribution in [0.4, 0.5) is 5.69 Å². The summed E-state index contributed by atoms with van der Waals surface area (Å²) in [5.74, 6) is -0.198. The number of fused-ring (bicyclic) bond motifs is 1. The van der Waals surface area contributed by atoms with Gasteiger partial charge in [0.15, 0.2) is 0 Å². The lowest BCUT2D eigenvalue weighted by Crippen LogP contribution is -2.27. The van der Waals surface area contributed by atoms with Gasteiger partial charge in [0.25, 0.3) is 5.56 Å². The van der Waals surface area contributed by atoms with Crippen molar-refractivity contribution in [3.05, 3.63) is 76.2 Å². The number of anilines is 1. The number of para-hydroxylation sites is 1. The molecule has 0 fully saturated rings. The summed E-state index contributed by atoms with van der Waals surface area (Å²) in [7, 11) is 0. The number of carbonyl (C=O) groups excluding carboxylic acids is 1. The first-order valence-corrected chi connectivity index (χ1v) is 8.06. The Morgan fingerprint density at radius 2 is 1.88 bits per heavy atom. The van der Waals surface area contributed by atoms with Crippen molar-refractivity contribution in [3.8, 4) is 0 Å². The maximum absolute atomic E-state index is 12.5. The molecule has 3 rings (SSSR count). The molecule has 0 saturated heterocycles. The molecule has 0 radical (unpaired) electrons. The van der Waals surface area contributed by atoms with Crippen LogP contribution < -0.4 is 10.9 Å². The Kier molecular flexibility index (Phi) is 4.47. The molecule has 1 heterocycles. The molecule has 2 aromatic carbocycles. The molecule has 0 spiro atoms. The van der Waals surface area contributed by atoms with Gasteiger partial charge in [0.2, 0.25) is 5.91 Å². The molecule has 0 aliphatic carbocycles. The number of pyridine rings is 1. The molecule has 0 atom stereocenters. The van der Waals surface area contributed by atoms with Crippen molar-refractivity contribution in [2.24, 2.45) is 0 Å². The van der Waals surface area contributed by atoms with Gasteiger partial charge in [0.1, 0.15) is 6.54 Å². The summed E-state index contributed by atoms with van der Waals surface area (Å²) in [4.78, 5) is 24.9. The van der Waals surface area contributed by atoms with Gasteiger partial charge in [-0.1, -0.05) is 43.3 Å². The van der Waals surface area contributed by atoms with Crippen LogP contribution in [-0.4, -0.2) is 10.5 Å². The van der Waals surface area contributed by atoms with Crippen LogP contribution in [0.1, 0.15) is 18.1 Å². The Morgan fingerprint density at radius 3 is 2.67 bits per heavy atom. The second-order valence-corrected chi connectivity index (χ2v) is 5.85. The molecule has 0 saturated carbocycles. The normalized spacial score (nSPS) is 10.8. The molecular weight excluding hydrogens is 300 g/mol. The van der Waals surface area contributed by atoms with E-state index >= 15 is 0 Å². The Hall–Kier alpha value is -2.88. The van der Waals surface area contributed by atoms with Crippen molar-refractivity contribution < 1.29 is 4.79 Å². The summed E-state index contributed by atoms with van der Waals surface area (Å²) in [6, 6.07) is 15.2. The molecule has 0 unspecified atom stereocenters. The summed E-state index contributed by atoms with van der Waals surface area (Å²) in [6.07, 6.45) is 2.51. The Bertz CT molecular complexity index is 957. The van der Waals surface area contributed by atoms with E-state index in [-0.39, 0.29) is 18.0 Å². The highest BCUT2D eigenvalue weighted by molar-refractivity contribution is 5.92. The highest BCUT2D eigenvalue weighted by Crippen LogP contribution is 2.21. The lowest BCUT2D eigenvalue weighted by atomic mass is 10.1. The molecule has 1 N–H and O–H groups in total. The summed E-state index contributed by atoms with van der Waals surface area (Å²) in [5.41, 5.74) is 2.81. The minimum absolute atomic E-state index is 0.00115. The van der Waals surface area contributed by atoms with Gasteiger partial charge in [-0.05, 0) is 42.0 Å². The average molecular weight is 320 g/mol. The zero-order valence-electron chi connectivity index (χ0n) is 13.9. The number of aryl methyl sites for hydroxylation is 2. The monoisotopic (exact) mass is 320 g/mol. The van der Waals surface area contributed by atoms with Gasteiger partial charge in [0, 0.05) is 17.3 Å². The van der Waals surface area contributed by atoms with Gasteiger partial charge < -0.3 is 9.88 Å². The van der Waals surface area contributed by atoms with Gasteiger partial charge in [-0.15, -0.1) is 0 Å². The fourth-order valence-electron chi connectivity index (χ4n) is 2.89. The van der Waals surface area contributed by atoms with Crippen molar-refractivity contribution in [2.45, 2.75) is 26.8 Å². The maximum Gasteiger partial charge on any atom is 0.258 e. The van der Waals surface area contributed by atoms with E-state index in [0.29, 0.717) is 5.39 Å². The van der Waals surface area contributed by atoms with Crippen LogP contribution in [0, 0.1) is 6.92 Å². The molecule has 3 aromatic rings. The quantitative estimate of drug-likeness (QED) is 0.800. The molecule has 4 nitrogen and oxygen atoms in total. The SMILES string of the molecule is CCc1cccc(C)c1NC(=O)Cn1ccc2ccccc2c1=O. The average Bonchev–Trinajstić information content (AvgIpc) is 2.59. The molecule has 0 aliphatic heterocycles. The van der Waals surface area contributed by atoms with E-state index in [0.717, 1.165) is 28.6 Å². The molecule has 24 heavy (non-hydrogen) atoms. The van der Waals surface area contributed by atoms with Crippen LogP contribution in [-0.2, 0) is 17.8 Å². The topological polar surface area (TPSA) is 51.1 Å². The fourth-order valence-corrected chi connectivity index (χ4v) is 2.89. The van der Waals surface area contributed by atoms with Crippen molar-refractivity contribution in [3.63, 3.8) is 0 Å². The Balaban J connectivity index is 1.86. The second kappa shape index (κ2) is 6.71. The minimum Gasteiger partial charge on any atom is -0.324 e. The van der Waals surface area contributed by atoms with E-state index in [4.69, 9.17) is 0 Å². The highest BCUT2D eigenvalue weighted by atomic mass is 16.2. The third-order valence-corrected chi connectivity index (χ3v) is 4.20. The molecule has 0 aliphatic rings. The van der Waals surface area contributed by atoms with Crippen LogP contribution in [0.5, 0.6) is 0 Å². The Labute approximate surface area is 140 Å². The molecule has 1 aromatic heterocycles. The number of carbonyl (C=O) groups is 1. The summed E-state index contributed by atoms with van der Waals surface area (Å²) < 4.78 is 1.45. The van der Waals surface area contributed by atoms with E-state index in [1.807, 2.05) is 49.4 Å². The van der Waals surface area contributed by atoms with Gasteiger partial charge in [-0.2, -0.15) is 0 Å². The smallest absolute Gasteiger partial charge is 0.258 e. The summed E-state index contributed by atoms with van der Waals surface area (Å²) >= 11 is 0. The lowest BCUT2D eigenvalue weighted by molar-refractivity contribution is -0.116. The van der Waals surface area contributed by atoms with E-state index in [1.165, 1.54) is 4.57 Å². The maximum atomic E-state index is 12.5. The molecule has 0 bridgehead atoms. The largest absolute Gasteiger partial charge is 0.324 e. The first-order chi connectivity index (χ1) is 11.6. The summed E-state index contributed by atoms with van der Waals surface area (Å²) in [5, 5.41) is 4.46. The van der Waals surface area contributed by atoms with Gasteiger partial charge >= 0.3 is 0 Å². The fraction of sp³-hybridized carbons (Fsp3) is 0.200. The zero-order valence-corrected chi connectivity index (χ0v) is 13.9.